The first-order valence-electron chi connectivity index (χ1n) is 9.96. The summed E-state index contributed by atoms with van der Waals surface area (Å²) in [5.74, 6) is 1.43. The molecule has 0 amide bonds. The van der Waals surface area contributed by atoms with E-state index in [4.69, 9.17) is 14.5 Å². The van der Waals surface area contributed by atoms with Crippen LogP contribution in [0.15, 0.2) is 4.99 Å². The molecule has 1 fully saturated rings. The standard InChI is InChI=1S/C19H40N4O2/c1-7-20-19(21-10-9-18(15(3)4)25-8-2)22-13-16(5)23-11-12-24-14-17(23)6/h15-18H,7-14H2,1-6H3,(H2,20,21,22). The lowest BCUT2D eigenvalue weighted by atomic mass is 10.0. The SMILES string of the molecule is CCNC(=NCC(C)N1CCOCC1C)NCCC(OCC)C(C)C. The number of nitrogens with one attached hydrogen (secondary N) is 2. The fourth-order valence-electron chi connectivity index (χ4n) is 3.22. The molecule has 1 aliphatic heterocycles. The van der Waals surface area contributed by atoms with Crippen molar-refractivity contribution in [2.75, 3.05) is 46.0 Å². The van der Waals surface area contributed by atoms with Crippen LogP contribution < -0.4 is 10.6 Å². The Balaban J connectivity index is 2.47. The van der Waals surface area contributed by atoms with Crippen LogP contribution in [0.2, 0.25) is 0 Å². The molecule has 148 valence electrons. The summed E-state index contributed by atoms with van der Waals surface area (Å²) in [5.41, 5.74) is 0. The zero-order valence-electron chi connectivity index (χ0n) is 17.2. The number of rotatable bonds is 10. The quantitative estimate of drug-likeness (QED) is 0.464. The Morgan fingerprint density at radius 2 is 2.04 bits per heavy atom. The number of hydrogen-bond acceptors (Lipinski definition) is 4. The van der Waals surface area contributed by atoms with E-state index in [1.54, 1.807) is 0 Å². The summed E-state index contributed by atoms with van der Waals surface area (Å²) in [6.45, 7) is 19.0. The van der Waals surface area contributed by atoms with Crippen LogP contribution >= 0.6 is 0 Å². The summed E-state index contributed by atoms with van der Waals surface area (Å²) in [5, 5.41) is 6.79. The van der Waals surface area contributed by atoms with E-state index in [-0.39, 0.29) is 0 Å². The van der Waals surface area contributed by atoms with Gasteiger partial charge in [0.2, 0.25) is 0 Å². The van der Waals surface area contributed by atoms with Gasteiger partial charge in [0.05, 0.1) is 25.9 Å². The van der Waals surface area contributed by atoms with Gasteiger partial charge in [0.25, 0.3) is 0 Å². The van der Waals surface area contributed by atoms with Crippen molar-refractivity contribution in [1.82, 2.24) is 15.5 Å². The summed E-state index contributed by atoms with van der Waals surface area (Å²) in [6.07, 6.45) is 1.29. The molecule has 1 heterocycles. The predicted octanol–water partition coefficient (Wildman–Crippen LogP) is 2.10. The molecule has 0 aromatic heterocycles. The molecule has 25 heavy (non-hydrogen) atoms. The molecule has 3 unspecified atom stereocenters. The van der Waals surface area contributed by atoms with Crippen molar-refractivity contribution in [2.24, 2.45) is 10.9 Å². The highest BCUT2D eigenvalue weighted by molar-refractivity contribution is 5.79. The summed E-state index contributed by atoms with van der Waals surface area (Å²) < 4.78 is 11.3. The van der Waals surface area contributed by atoms with Gasteiger partial charge in [-0.1, -0.05) is 13.8 Å². The second-order valence-corrected chi connectivity index (χ2v) is 7.18. The lowest BCUT2D eigenvalue weighted by Crippen LogP contribution is -2.49. The molecule has 0 aromatic carbocycles. The van der Waals surface area contributed by atoms with E-state index in [2.05, 4.69) is 57.1 Å². The van der Waals surface area contributed by atoms with Crippen LogP contribution in [0.1, 0.15) is 48.0 Å². The zero-order chi connectivity index (χ0) is 18.7. The topological polar surface area (TPSA) is 58.1 Å². The average Bonchev–Trinajstić information content (AvgIpc) is 2.58. The lowest BCUT2D eigenvalue weighted by molar-refractivity contribution is -0.0165. The molecule has 1 rings (SSSR count). The van der Waals surface area contributed by atoms with Gasteiger partial charge in [0.15, 0.2) is 5.96 Å². The van der Waals surface area contributed by atoms with E-state index >= 15 is 0 Å². The van der Waals surface area contributed by atoms with Crippen LogP contribution in [0.4, 0.5) is 0 Å². The van der Waals surface area contributed by atoms with E-state index in [9.17, 15) is 0 Å². The molecule has 0 bridgehead atoms. The Morgan fingerprint density at radius 3 is 2.64 bits per heavy atom. The highest BCUT2D eigenvalue weighted by Crippen LogP contribution is 2.11. The van der Waals surface area contributed by atoms with Crippen molar-refractivity contribution in [3.05, 3.63) is 0 Å². The smallest absolute Gasteiger partial charge is 0.191 e. The van der Waals surface area contributed by atoms with Crippen LogP contribution in [-0.4, -0.2) is 75.0 Å². The van der Waals surface area contributed by atoms with E-state index in [1.807, 2.05) is 0 Å². The molecular formula is C19H40N4O2. The first-order chi connectivity index (χ1) is 12.0. The molecular weight excluding hydrogens is 316 g/mol. The highest BCUT2D eigenvalue weighted by Gasteiger charge is 2.23. The summed E-state index contributed by atoms with van der Waals surface area (Å²) in [6, 6.07) is 0.883. The normalized spacial score (nSPS) is 22.0. The van der Waals surface area contributed by atoms with Gasteiger partial charge < -0.3 is 20.1 Å². The van der Waals surface area contributed by atoms with Crippen LogP contribution in [0.3, 0.4) is 0 Å². The Kier molecular flexibility index (Phi) is 11.1. The first-order valence-corrected chi connectivity index (χ1v) is 9.96. The second-order valence-electron chi connectivity index (χ2n) is 7.18. The monoisotopic (exact) mass is 356 g/mol. The maximum absolute atomic E-state index is 5.82. The molecule has 0 aromatic rings. The molecule has 0 aliphatic carbocycles. The molecule has 1 saturated heterocycles. The molecule has 3 atom stereocenters. The van der Waals surface area contributed by atoms with Gasteiger partial charge in [-0.05, 0) is 40.0 Å². The number of nitrogens with zero attached hydrogens (tertiary/aromatic N) is 2. The van der Waals surface area contributed by atoms with Crippen LogP contribution in [0, 0.1) is 5.92 Å². The molecule has 6 heteroatoms. The minimum Gasteiger partial charge on any atom is -0.379 e. The maximum Gasteiger partial charge on any atom is 0.191 e. The first kappa shape index (κ1) is 22.2. The Bertz CT molecular complexity index is 376. The largest absolute Gasteiger partial charge is 0.379 e. The average molecular weight is 357 g/mol. The molecule has 0 radical (unpaired) electrons. The number of hydrogen-bond donors (Lipinski definition) is 2. The minimum atomic E-state index is 0.300. The van der Waals surface area contributed by atoms with Gasteiger partial charge in [-0.2, -0.15) is 0 Å². The van der Waals surface area contributed by atoms with E-state index in [1.165, 1.54) is 0 Å². The molecule has 6 nitrogen and oxygen atoms in total. The van der Waals surface area contributed by atoms with Gasteiger partial charge in [-0.25, -0.2) is 0 Å². The van der Waals surface area contributed by atoms with Gasteiger partial charge in [0, 0.05) is 38.3 Å². The molecule has 0 saturated carbocycles. The van der Waals surface area contributed by atoms with Crippen molar-refractivity contribution >= 4 is 5.96 Å². The third-order valence-electron chi connectivity index (χ3n) is 4.69. The number of morpholine rings is 1. The molecule has 1 aliphatic rings. The van der Waals surface area contributed by atoms with Gasteiger partial charge in [-0.15, -0.1) is 0 Å². The third-order valence-corrected chi connectivity index (χ3v) is 4.69. The van der Waals surface area contributed by atoms with Crippen molar-refractivity contribution in [3.8, 4) is 0 Å². The van der Waals surface area contributed by atoms with Gasteiger partial charge in [0.1, 0.15) is 0 Å². The second kappa shape index (κ2) is 12.5. The van der Waals surface area contributed by atoms with E-state index in [0.29, 0.717) is 24.1 Å². The number of aliphatic imine (C=N–C) groups is 1. The Morgan fingerprint density at radius 1 is 1.28 bits per heavy atom. The molecule has 0 spiro atoms. The zero-order valence-corrected chi connectivity index (χ0v) is 17.2. The van der Waals surface area contributed by atoms with Crippen LogP contribution in [-0.2, 0) is 9.47 Å². The fourth-order valence-corrected chi connectivity index (χ4v) is 3.22. The van der Waals surface area contributed by atoms with Crippen molar-refractivity contribution in [1.29, 1.82) is 0 Å². The Labute approximate surface area is 154 Å². The summed E-state index contributed by atoms with van der Waals surface area (Å²) >= 11 is 0. The number of ether oxygens (including phenoxy) is 2. The Hall–Kier alpha value is -0.850. The van der Waals surface area contributed by atoms with Gasteiger partial charge >= 0.3 is 0 Å². The maximum atomic E-state index is 5.82. The summed E-state index contributed by atoms with van der Waals surface area (Å²) in [7, 11) is 0. The fraction of sp³-hybridized carbons (Fsp3) is 0.947. The van der Waals surface area contributed by atoms with Crippen molar-refractivity contribution < 1.29 is 9.47 Å². The van der Waals surface area contributed by atoms with E-state index < -0.39 is 0 Å². The van der Waals surface area contributed by atoms with E-state index in [0.717, 1.165) is 58.4 Å². The van der Waals surface area contributed by atoms with Crippen molar-refractivity contribution in [3.63, 3.8) is 0 Å². The van der Waals surface area contributed by atoms with Crippen LogP contribution in [0.5, 0.6) is 0 Å². The van der Waals surface area contributed by atoms with Gasteiger partial charge in [-0.3, -0.25) is 9.89 Å². The minimum absolute atomic E-state index is 0.300. The van der Waals surface area contributed by atoms with Crippen LogP contribution in [0.25, 0.3) is 0 Å². The highest BCUT2D eigenvalue weighted by atomic mass is 16.5. The summed E-state index contributed by atoms with van der Waals surface area (Å²) in [4.78, 5) is 7.27. The third kappa shape index (κ3) is 8.38. The number of guanidine groups is 1. The lowest BCUT2D eigenvalue weighted by Gasteiger charge is -2.37. The molecule has 2 N–H and O–H groups in total. The predicted molar refractivity (Wildman–Crippen MR) is 105 cm³/mol. The van der Waals surface area contributed by atoms with Crippen molar-refractivity contribution in [2.45, 2.75) is 66.2 Å².